The van der Waals surface area contributed by atoms with Gasteiger partial charge in [0, 0.05) is 23.9 Å². The maximum atomic E-state index is 14.2. The molecule has 2 saturated carbocycles. The molecular weight excluding hydrogens is 264 g/mol. The Morgan fingerprint density at radius 2 is 1.55 bits per heavy atom. The Morgan fingerprint density at radius 1 is 1.05 bits per heavy atom. The van der Waals surface area contributed by atoms with Crippen molar-refractivity contribution >= 4 is 6.09 Å². The van der Waals surface area contributed by atoms with E-state index < -0.39 is 22.4 Å². The highest BCUT2D eigenvalue weighted by Gasteiger charge is 2.91. The van der Waals surface area contributed by atoms with Crippen LogP contribution in [0, 0.1) is 10.8 Å². The van der Waals surface area contributed by atoms with Gasteiger partial charge in [-0.05, 0) is 46.5 Å². The Hall–Kier alpha value is -0.870. The second kappa shape index (κ2) is 3.86. The van der Waals surface area contributed by atoms with Crippen LogP contribution in [0.1, 0.15) is 52.9 Å². The van der Waals surface area contributed by atoms with Crippen molar-refractivity contribution in [2.24, 2.45) is 10.8 Å². The zero-order valence-corrected chi connectivity index (χ0v) is 12.5. The number of fused-ring (bicyclic) bond motifs is 1. The predicted octanol–water partition coefficient (Wildman–Crippen LogP) is 3.82. The molecule has 0 aromatic heterocycles. The van der Waals surface area contributed by atoms with Crippen LogP contribution in [0.25, 0.3) is 0 Å². The molecule has 3 fully saturated rings. The summed E-state index contributed by atoms with van der Waals surface area (Å²) in [5, 5.41) is 0. The van der Waals surface area contributed by atoms with Gasteiger partial charge in [0.15, 0.2) is 0 Å². The molecular formula is C15H23F2NO2. The smallest absolute Gasteiger partial charge is 0.410 e. The standard InChI is InChI=1S/C15H23F2NO2/c1-12(2,3)20-11(19)18-9-7-14(8-10-18)13(5-4-6-13)15(14,16)17/h4-10H2,1-3H3. The van der Waals surface area contributed by atoms with E-state index >= 15 is 0 Å². The average molecular weight is 287 g/mol. The highest BCUT2D eigenvalue weighted by molar-refractivity contribution is 5.68. The predicted molar refractivity (Wildman–Crippen MR) is 70.7 cm³/mol. The number of hydrogen-bond donors (Lipinski definition) is 0. The zero-order valence-electron chi connectivity index (χ0n) is 12.5. The summed E-state index contributed by atoms with van der Waals surface area (Å²) in [7, 11) is 0. The van der Waals surface area contributed by atoms with Crippen molar-refractivity contribution in [2.45, 2.75) is 64.4 Å². The van der Waals surface area contributed by atoms with E-state index in [1.807, 2.05) is 20.8 Å². The van der Waals surface area contributed by atoms with Gasteiger partial charge in [0.25, 0.3) is 5.92 Å². The summed E-state index contributed by atoms with van der Waals surface area (Å²) >= 11 is 0. The summed E-state index contributed by atoms with van der Waals surface area (Å²) in [6.45, 7) is 6.23. The third-order valence-corrected chi connectivity index (χ3v) is 5.53. The molecule has 1 amide bonds. The molecule has 1 saturated heterocycles. The number of ether oxygens (including phenoxy) is 1. The minimum absolute atomic E-state index is 0.376. The summed E-state index contributed by atoms with van der Waals surface area (Å²) in [5.74, 6) is -2.52. The quantitative estimate of drug-likeness (QED) is 0.678. The van der Waals surface area contributed by atoms with Crippen molar-refractivity contribution in [1.82, 2.24) is 4.90 Å². The largest absolute Gasteiger partial charge is 0.444 e. The molecule has 0 unspecified atom stereocenters. The zero-order chi connectivity index (χ0) is 14.8. The monoisotopic (exact) mass is 287 g/mol. The van der Waals surface area contributed by atoms with Gasteiger partial charge >= 0.3 is 6.09 Å². The van der Waals surface area contributed by atoms with E-state index in [2.05, 4.69) is 0 Å². The van der Waals surface area contributed by atoms with Gasteiger partial charge in [-0.3, -0.25) is 0 Å². The number of nitrogens with zero attached hydrogens (tertiary/aromatic N) is 1. The van der Waals surface area contributed by atoms with E-state index in [1.54, 1.807) is 4.90 Å². The van der Waals surface area contributed by atoms with Crippen LogP contribution >= 0.6 is 0 Å². The van der Waals surface area contributed by atoms with Crippen LogP contribution < -0.4 is 0 Å². The molecule has 3 rings (SSSR count). The van der Waals surface area contributed by atoms with Crippen LogP contribution in [0.3, 0.4) is 0 Å². The van der Waals surface area contributed by atoms with Crippen molar-refractivity contribution in [3.05, 3.63) is 0 Å². The third-order valence-electron chi connectivity index (χ3n) is 5.53. The highest BCUT2D eigenvalue weighted by atomic mass is 19.3. The molecule has 0 aromatic rings. The highest BCUT2D eigenvalue weighted by Crippen LogP contribution is 2.85. The Balaban J connectivity index is 1.63. The van der Waals surface area contributed by atoms with Gasteiger partial charge < -0.3 is 9.64 Å². The van der Waals surface area contributed by atoms with E-state index in [9.17, 15) is 13.6 Å². The van der Waals surface area contributed by atoms with Gasteiger partial charge in [-0.15, -0.1) is 0 Å². The van der Waals surface area contributed by atoms with Gasteiger partial charge in [-0.2, -0.15) is 0 Å². The Kier molecular flexibility index (Phi) is 2.72. The summed E-state index contributed by atoms with van der Waals surface area (Å²) in [5.41, 5.74) is -2.08. The minimum atomic E-state index is -2.52. The molecule has 0 radical (unpaired) electrons. The van der Waals surface area contributed by atoms with Crippen LogP contribution in [-0.2, 0) is 4.74 Å². The molecule has 0 N–H and O–H groups in total. The molecule has 114 valence electrons. The van der Waals surface area contributed by atoms with Gasteiger partial charge in [-0.1, -0.05) is 6.42 Å². The number of carbonyl (C=O) groups excluding carboxylic acids is 1. The summed E-state index contributed by atoms with van der Waals surface area (Å²) in [6, 6.07) is 0. The number of hydrogen-bond acceptors (Lipinski definition) is 2. The van der Waals surface area contributed by atoms with Gasteiger partial charge in [0.2, 0.25) is 0 Å². The van der Waals surface area contributed by atoms with Crippen molar-refractivity contribution in [3.8, 4) is 0 Å². The Bertz CT molecular complexity index is 430. The van der Waals surface area contributed by atoms with E-state index in [0.29, 0.717) is 38.8 Å². The maximum Gasteiger partial charge on any atom is 0.410 e. The van der Waals surface area contributed by atoms with Crippen molar-refractivity contribution in [2.75, 3.05) is 13.1 Å². The van der Waals surface area contributed by atoms with E-state index in [1.165, 1.54) is 0 Å². The lowest BCUT2D eigenvalue weighted by Gasteiger charge is -2.37. The van der Waals surface area contributed by atoms with Gasteiger partial charge in [0.1, 0.15) is 5.60 Å². The molecule has 1 aliphatic heterocycles. The fourth-order valence-corrected chi connectivity index (χ4v) is 4.25. The summed E-state index contributed by atoms with van der Waals surface area (Å²) < 4.78 is 33.8. The topological polar surface area (TPSA) is 29.5 Å². The number of likely N-dealkylation sites (tertiary alicyclic amines) is 1. The number of carbonyl (C=O) groups is 1. The number of rotatable bonds is 0. The first-order valence-electron chi connectivity index (χ1n) is 7.51. The Morgan fingerprint density at radius 3 is 1.90 bits per heavy atom. The minimum Gasteiger partial charge on any atom is -0.444 e. The fourth-order valence-electron chi connectivity index (χ4n) is 4.25. The first-order chi connectivity index (χ1) is 9.15. The van der Waals surface area contributed by atoms with E-state index in [0.717, 1.165) is 6.42 Å². The van der Waals surface area contributed by atoms with Crippen LogP contribution in [0.15, 0.2) is 0 Å². The molecule has 0 bridgehead atoms. The van der Waals surface area contributed by atoms with Crippen LogP contribution in [0.4, 0.5) is 13.6 Å². The lowest BCUT2D eigenvalue weighted by molar-refractivity contribution is -0.000504. The van der Waals surface area contributed by atoms with E-state index in [-0.39, 0.29) is 6.09 Å². The first kappa shape index (κ1) is 14.1. The van der Waals surface area contributed by atoms with Crippen LogP contribution in [0.5, 0.6) is 0 Å². The SMILES string of the molecule is CC(C)(C)OC(=O)N1CCC2(CC1)C(F)(F)C21CCC1. The first-order valence-corrected chi connectivity index (χ1v) is 7.51. The van der Waals surface area contributed by atoms with Crippen LogP contribution in [-0.4, -0.2) is 35.6 Å². The van der Waals surface area contributed by atoms with Gasteiger partial charge in [-0.25, -0.2) is 13.6 Å². The number of alkyl halides is 2. The lowest BCUT2D eigenvalue weighted by atomic mass is 9.72. The van der Waals surface area contributed by atoms with Crippen molar-refractivity contribution in [1.29, 1.82) is 0 Å². The normalized spacial score (nSPS) is 29.1. The van der Waals surface area contributed by atoms with Gasteiger partial charge in [0.05, 0.1) is 0 Å². The summed E-state index contributed by atoms with van der Waals surface area (Å²) in [6.07, 6.45) is 2.70. The molecule has 20 heavy (non-hydrogen) atoms. The second-order valence-corrected chi connectivity index (χ2v) is 7.56. The molecule has 3 nitrogen and oxygen atoms in total. The number of piperidine rings is 1. The average Bonchev–Trinajstić information content (AvgIpc) is 2.67. The molecule has 5 heteroatoms. The molecule has 2 aliphatic carbocycles. The fraction of sp³-hybridized carbons (Fsp3) is 0.933. The summed E-state index contributed by atoms with van der Waals surface area (Å²) in [4.78, 5) is 13.5. The molecule has 3 aliphatic rings. The van der Waals surface area contributed by atoms with Crippen LogP contribution in [0.2, 0.25) is 0 Å². The maximum absolute atomic E-state index is 14.2. The number of halogens is 2. The van der Waals surface area contributed by atoms with E-state index in [4.69, 9.17) is 4.74 Å². The third kappa shape index (κ3) is 1.58. The molecule has 1 heterocycles. The molecule has 0 aromatic carbocycles. The Labute approximate surface area is 118 Å². The van der Waals surface area contributed by atoms with Crippen molar-refractivity contribution < 1.29 is 18.3 Å². The lowest BCUT2D eigenvalue weighted by Crippen LogP contribution is -2.44. The van der Waals surface area contributed by atoms with Crippen molar-refractivity contribution in [3.63, 3.8) is 0 Å². The number of amides is 1. The second-order valence-electron chi connectivity index (χ2n) is 7.56. The molecule has 2 spiro atoms. The molecule has 0 atom stereocenters.